The number of hydrogen-bond donors (Lipinski definition) is 0. The Kier molecular flexibility index (Phi) is 6.31. The molecule has 7 nitrogen and oxygen atoms in total. The molecule has 4 rings (SSSR count). The van der Waals surface area contributed by atoms with Crippen LogP contribution >= 0.6 is 0 Å². The lowest BCUT2D eigenvalue weighted by Gasteiger charge is -2.42. The Morgan fingerprint density at radius 1 is 1.14 bits per heavy atom. The molecule has 28 heavy (non-hydrogen) atoms. The largest absolute Gasteiger partial charge is 0.339 e. The highest BCUT2D eigenvalue weighted by molar-refractivity contribution is 5.79. The second kappa shape index (κ2) is 8.91. The van der Waals surface area contributed by atoms with E-state index < -0.39 is 0 Å². The molecular formula is C21H35N5O2. The zero-order valence-corrected chi connectivity index (χ0v) is 17.5. The summed E-state index contributed by atoms with van der Waals surface area (Å²) < 4.78 is 5.43. The first kappa shape index (κ1) is 19.8. The third kappa shape index (κ3) is 4.40. The number of rotatable bonds is 6. The molecule has 2 aliphatic heterocycles. The Bertz CT molecular complexity index is 651. The molecule has 3 fully saturated rings. The van der Waals surface area contributed by atoms with Gasteiger partial charge in [0, 0.05) is 25.0 Å². The highest BCUT2D eigenvalue weighted by atomic mass is 16.5. The Balaban J connectivity index is 1.34. The number of hydrogen-bond acceptors (Lipinski definition) is 6. The molecule has 1 aliphatic carbocycles. The van der Waals surface area contributed by atoms with Crippen LogP contribution in [0, 0.1) is 5.92 Å². The second-order valence-corrected chi connectivity index (χ2v) is 8.90. The molecular weight excluding hydrogens is 354 g/mol. The molecule has 0 N–H and O–H groups in total. The van der Waals surface area contributed by atoms with Crippen LogP contribution in [0.15, 0.2) is 4.52 Å². The fourth-order valence-corrected chi connectivity index (χ4v) is 4.83. The minimum atomic E-state index is 0.103. The van der Waals surface area contributed by atoms with Gasteiger partial charge in [0.15, 0.2) is 5.82 Å². The smallest absolute Gasteiger partial charge is 0.229 e. The summed E-state index contributed by atoms with van der Waals surface area (Å²) in [7, 11) is 2.20. The molecule has 1 aromatic heterocycles. The number of amides is 1. The maximum absolute atomic E-state index is 13.2. The van der Waals surface area contributed by atoms with E-state index in [9.17, 15) is 4.79 Å². The van der Waals surface area contributed by atoms with E-state index in [1.165, 1.54) is 32.4 Å². The number of likely N-dealkylation sites (tertiary alicyclic amines) is 2. The van der Waals surface area contributed by atoms with Gasteiger partial charge in [-0.1, -0.05) is 11.6 Å². The van der Waals surface area contributed by atoms with E-state index >= 15 is 0 Å². The molecule has 0 bridgehead atoms. The van der Waals surface area contributed by atoms with Gasteiger partial charge in [0.05, 0.1) is 12.5 Å². The SMILES string of the molecule is CCN(Cc1noc(C2CCC2)n1)C(=O)[C@H]1CCCN(C2CCN(C)CC2)C1. The fraction of sp³-hybridized carbons (Fsp3) is 0.857. The van der Waals surface area contributed by atoms with Crippen LogP contribution in [0.2, 0.25) is 0 Å². The fourth-order valence-electron chi connectivity index (χ4n) is 4.83. The van der Waals surface area contributed by atoms with Crippen molar-refractivity contribution in [3.63, 3.8) is 0 Å². The summed E-state index contributed by atoms with van der Waals surface area (Å²) in [5.41, 5.74) is 0. The molecule has 156 valence electrons. The van der Waals surface area contributed by atoms with Gasteiger partial charge in [0.2, 0.25) is 11.8 Å². The minimum absolute atomic E-state index is 0.103. The van der Waals surface area contributed by atoms with E-state index in [2.05, 4.69) is 27.0 Å². The van der Waals surface area contributed by atoms with E-state index in [-0.39, 0.29) is 11.8 Å². The lowest BCUT2D eigenvalue weighted by molar-refractivity contribution is -0.138. The van der Waals surface area contributed by atoms with Crippen LogP contribution in [0.25, 0.3) is 0 Å². The van der Waals surface area contributed by atoms with Crippen molar-refractivity contribution >= 4 is 5.91 Å². The second-order valence-electron chi connectivity index (χ2n) is 8.90. The van der Waals surface area contributed by atoms with Crippen molar-refractivity contribution in [1.29, 1.82) is 0 Å². The van der Waals surface area contributed by atoms with Gasteiger partial charge in [-0.3, -0.25) is 9.69 Å². The minimum Gasteiger partial charge on any atom is -0.339 e. The van der Waals surface area contributed by atoms with E-state index in [1.807, 2.05) is 11.8 Å². The average molecular weight is 390 g/mol. The van der Waals surface area contributed by atoms with Gasteiger partial charge in [0.1, 0.15) is 0 Å². The summed E-state index contributed by atoms with van der Waals surface area (Å²) in [6.45, 7) is 7.59. The standard InChI is InChI=1S/C21H35N5O2/c1-3-25(15-19-22-20(28-23-19)16-6-4-7-16)21(27)17-8-5-11-26(14-17)18-9-12-24(2)13-10-18/h16-18H,3-15H2,1-2H3/t17-/m0/s1. The van der Waals surface area contributed by atoms with Crippen molar-refractivity contribution in [1.82, 2.24) is 24.8 Å². The average Bonchev–Trinajstić information content (AvgIpc) is 3.12. The zero-order valence-electron chi connectivity index (χ0n) is 17.5. The van der Waals surface area contributed by atoms with Crippen LogP contribution in [0.3, 0.4) is 0 Å². The Labute approximate surface area is 168 Å². The number of carbonyl (C=O) groups is 1. The quantitative estimate of drug-likeness (QED) is 0.745. The van der Waals surface area contributed by atoms with Gasteiger partial charge >= 0.3 is 0 Å². The molecule has 0 spiro atoms. The lowest BCUT2D eigenvalue weighted by atomic mass is 9.85. The Morgan fingerprint density at radius 2 is 1.93 bits per heavy atom. The number of nitrogens with zero attached hydrogens (tertiary/aromatic N) is 5. The van der Waals surface area contributed by atoms with Gasteiger partial charge in [-0.25, -0.2) is 0 Å². The van der Waals surface area contributed by atoms with Crippen LogP contribution in [0.1, 0.15) is 69.5 Å². The van der Waals surface area contributed by atoms with Crippen LogP contribution < -0.4 is 0 Å². The summed E-state index contributed by atoms with van der Waals surface area (Å²) in [6.07, 6.45) is 8.10. The van der Waals surface area contributed by atoms with Crippen LogP contribution in [-0.4, -0.2) is 76.6 Å². The van der Waals surface area contributed by atoms with Crippen LogP contribution in [0.4, 0.5) is 0 Å². The van der Waals surface area contributed by atoms with Crippen molar-refractivity contribution in [3.8, 4) is 0 Å². The highest BCUT2D eigenvalue weighted by Gasteiger charge is 2.33. The predicted octanol–water partition coefficient (Wildman–Crippen LogP) is 2.49. The molecule has 3 aliphatic rings. The third-order valence-corrected chi connectivity index (χ3v) is 6.97. The molecule has 1 amide bonds. The van der Waals surface area contributed by atoms with Gasteiger partial charge in [-0.15, -0.1) is 0 Å². The van der Waals surface area contributed by atoms with Gasteiger partial charge in [0.25, 0.3) is 0 Å². The molecule has 3 heterocycles. The number of aromatic nitrogens is 2. The van der Waals surface area contributed by atoms with Crippen molar-refractivity contribution in [2.75, 3.05) is 39.8 Å². The van der Waals surface area contributed by atoms with E-state index in [0.717, 1.165) is 44.7 Å². The van der Waals surface area contributed by atoms with Crippen LogP contribution in [0.5, 0.6) is 0 Å². The highest BCUT2D eigenvalue weighted by Crippen LogP contribution is 2.35. The zero-order chi connectivity index (χ0) is 19.5. The summed E-state index contributed by atoms with van der Waals surface area (Å²) in [5, 5.41) is 4.13. The number of piperidine rings is 2. The maximum Gasteiger partial charge on any atom is 0.229 e. The first-order valence-corrected chi connectivity index (χ1v) is 11.2. The summed E-state index contributed by atoms with van der Waals surface area (Å²) in [5.74, 6) is 2.21. The molecule has 1 atom stereocenters. The lowest BCUT2D eigenvalue weighted by Crippen LogP contribution is -2.50. The summed E-state index contributed by atoms with van der Waals surface area (Å²) >= 11 is 0. The first-order valence-electron chi connectivity index (χ1n) is 11.2. The van der Waals surface area contributed by atoms with Crippen molar-refractivity contribution in [2.45, 2.75) is 70.4 Å². The summed E-state index contributed by atoms with van der Waals surface area (Å²) in [4.78, 5) is 24.7. The Morgan fingerprint density at radius 3 is 2.61 bits per heavy atom. The number of carbonyl (C=O) groups excluding carboxylic acids is 1. The molecule has 0 aromatic carbocycles. The van der Waals surface area contributed by atoms with Gasteiger partial charge in [-0.2, -0.15) is 4.98 Å². The first-order chi connectivity index (χ1) is 13.6. The Hall–Kier alpha value is -1.47. The summed E-state index contributed by atoms with van der Waals surface area (Å²) in [6, 6.07) is 0.643. The molecule has 0 radical (unpaired) electrons. The van der Waals surface area contributed by atoms with Gasteiger partial charge in [-0.05, 0) is 72.1 Å². The van der Waals surface area contributed by atoms with E-state index in [0.29, 0.717) is 30.9 Å². The van der Waals surface area contributed by atoms with E-state index in [4.69, 9.17) is 4.52 Å². The topological polar surface area (TPSA) is 65.7 Å². The van der Waals surface area contributed by atoms with Crippen LogP contribution in [-0.2, 0) is 11.3 Å². The predicted molar refractivity (Wildman–Crippen MR) is 107 cm³/mol. The molecule has 1 aromatic rings. The molecule has 7 heteroatoms. The van der Waals surface area contributed by atoms with Crippen molar-refractivity contribution in [2.24, 2.45) is 5.92 Å². The molecule has 2 saturated heterocycles. The van der Waals surface area contributed by atoms with E-state index in [1.54, 1.807) is 0 Å². The van der Waals surface area contributed by atoms with Crippen molar-refractivity contribution < 1.29 is 9.32 Å². The molecule has 1 saturated carbocycles. The van der Waals surface area contributed by atoms with Crippen molar-refractivity contribution in [3.05, 3.63) is 11.7 Å². The third-order valence-electron chi connectivity index (χ3n) is 6.97. The normalized spacial score (nSPS) is 25.6. The monoisotopic (exact) mass is 389 g/mol. The maximum atomic E-state index is 13.2. The molecule has 0 unspecified atom stereocenters. The van der Waals surface area contributed by atoms with Gasteiger partial charge < -0.3 is 14.3 Å².